The van der Waals surface area contributed by atoms with Crippen LogP contribution in [-0.2, 0) is 0 Å². The monoisotopic (exact) mass is 342 g/mol. The molecule has 26 heavy (non-hydrogen) atoms. The molecule has 6 heteroatoms. The zero-order chi connectivity index (χ0) is 18.3. The van der Waals surface area contributed by atoms with Gasteiger partial charge in [-0.05, 0) is 48.6 Å². The van der Waals surface area contributed by atoms with Gasteiger partial charge in [-0.15, -0.1) is 0 Å². The number of hydrogen-bond donors (Lipinski definition) is 1. The van der Waals surface area contributed by atoms with Gasteiger partial charge >= 0.3 is 0 Å². The van der Waals surface area contributed by atoms with Crippen LogP contribution in [0, 0.1) is 22.7 Å². The zero-order valence-electron chi connectivity index (χ0n) is 14.7. The summed E-state index contributed by atoms with van der Waals surface area (Å²) in [5.41, 5.74) is 4.61. The summed E-state index contributed by atoms with van der Waals surface area (Å²) in [4.78, 5) is 4.62. The fourth-order valence-electron chi connectivity index (χ4n) is 3.08. The first-order valence-electron chi connectivity index (χ1n) is 8.63. The van der Waals surface area contributed by atoms with Gasteiger partial charge in [0.1, 0.15) is 11.6 Å². The quantitative estimate of drug-likeness (QED) is 0.777. The molecule has 4 rings (SSSR count). The van der Waals surface area contributed by atoms with Gasteiger partial charge in [0.15, 0.2) is 0 Å². The van der Waals surface area contributed by atoms with Gasteiger partial charge < -0.3 is 5.32 Å². The highest BCUT2D eigenvalue weighted by atomic mass is 15.2. The molecule has 1 aliphatic rings. The Morgan fingerprint density at radius 3 is 2.65 bits per heavy atom. The normalized spacial score (nSPS) is 14.8. The second-order valence-electron chi connectivity index (χ2n) is 7.04. The van der Waals surface area contributed by atoms with E-state index in [0.29, 0.717) is 11.5 Å². The average molecular weight is 342 g/mol. The lowest BCUT2D eigenvalue weighted by Gasteiger charge is -2.18. The van der Waals surface area contributed by atoms with Crippen molar-refractivity contribution in [2.45, 2.75) is 38.1 Å². The summed E-state index contributed by atoms with van der Waals surface area (Å²) in [7, 11) is 0. The molecule has 0 aliphatic heterocycles. The second kappa shape index (κ2) is 5.86. The molecule has 0 amide bonds. The van der Waals surface area contributed by atoms with Crippen LogP contribution in [0.2, 0.25) is 0 Å². The minimum atomic E-state index is -0.441. The van der Waals surface area contributed by atoms with E-state index in [0.717, 1.165) is 41.0 Å². The number of nitrogens with zero attached hydrogens (tertiary/aromatic N) is 5. The zero-order valence-corrected chi connectivity index (χ0v) is 14.7. The first-order valence-corrected chi connectivity index (χ1v) is 8.63. The average Bonchev–Trinajstić information content (AvgIpc) is 3.30. The van der Waals surface area contributed by atoms with E-state index in [4.69, 9.17) is 5.26 Å². The van der Waals surface area contributed by atoms with Crippen molar-refractivity contribution in [2.24, 2.45) is 0 Å². The molecule has 0 bridgehead atoms. The highest BCUT2D eigenvalue weighted by molar-refractivity contribution is 5.70. The molecule has 3 aromatic heterocycles. The Morgan fingerprint density at radius 2 is 2.00 bits per heavy atom. The maximum absolute atomic E-state index is 9.42. The molecule has 3 heterocycles. The van der Waals surface area contributed by atoms with Gasteiger partial charge in [-0.25, -0.2) is 4.52 Å². The summed E-state index contributed by atoms with van der Waals surface area (Å²) < 4.78 is 1.78. The van der Waals surface area contributed by atoms with Crippen LogP contribution in [0.15, 0.2) is 36.7 Å². The van der Waals surface area contributed by atoms with Crippen LogP contribution >= 0.6 is 0 Å². The van der Waals surface area contributed by atoms with E-state index < -0.39 is 5.54 Å². The summed E-state index contributed by atoms with van der Waals surface area (Å²) in [6.07, 6.45) is 5.16. The van der Waals surface area contributed by atoms with Gasteiger partial charge in [-0.2, -0.15) is 15.6 Å². The van der Waals surface area contributed by atoms with E-state index in [1.165, 1.54) is 0 Å². The van der Waals surface area contributed by atoms with E-state index in [9.17, 15) is 5.26 Å². The van der Waals surface area contributed by atoms with Crippen LogP contribution in [0.25, 0.3) is 16.9 Å². The standard InChI is InChI=1S/C20H18N6/c1-13(2)16-11-23-18(8-17(16)25-20(12-22)5-6-20)19-4-3-15-7-14(9-21)10-24-26(15)19/h3-4,7-8,10-11,13H,5-6H2,1-2H3,(H,23,25). The first kappa shape index (κ1) is 16.1. The van der Waals surface area contributed by atoms with Gasteiger partial charge in [0.05, 0.1) is 34.7 Å². The number of nitriles is 2. The maximum atomic E-state index is 9.42. The van der Waals surface area contributed by atoms with Crippen molar-refractivity contribution < 1.29 is 0 Å². The number of anilines is 1. The molecule has 1 aliphatic carbocycles. The summed E-state index contributed by atoms with van der Waals surface area (Å²) >= 11 is 0. The molecule has 0 unspecified atom stereocenters. The van der Waals surface area contributed by atoms with Crippen LogP contribution in [0.3, 0.4) is 0 Å². The smallest absolute Gasteiger partial charge is 0.125 e. The number of fused-ring (bicyclic) bond motifs is 1. The third-order valence-corrected chi connectivity index (χ3v) is 4.79. The molecule has 3 aromatic rings. The molecule has 0 spiro atoms. The fraction of sp³-hybridized carbons (Fsp3) is 0.300. The van der Waals surface area contributed by atoms with Crippen molar-refractivity contribution in [3.63, 3.8) is 0 Å². The van der Waals surface area contributed by atoms with Crippen molar-refractivity contribution in [1.82, 2.24) is 14.6 Å². The van der Waals surface area contributed by atoms with Crippen LogP contribution < -0.4 is 5.32 Å². The van der Waals surface area contributed by atoms with Crippen molar-refractivity contribution in [3.05, 3.63) is 47.8 Å². The molecule has 0 atom stereocenters. The molecular formula is C20H18N6. The summed E-state index contributed by atoms with van der Waals surface area (Å²) in [6.45, 7) is 4.23. The Morgan fingerprint density at radius 1 is 1.19 bits per heavy atom. The minimum Gasteiger partial charge on any atom is -0.367 e. The van der Waals surface area contributed by atoms with Gasteiger partial charge in [0, 0.05) is 11.9 Å². The summed E-state index contributed by atoms with van der Waals surface area (Å²) in [6, 6.07) is 12.2. The van der Waals surface area contributed by atoms with E-state index in [-0.39, 0.29) is 0 Å². The molecular weight excluding hydrogens is 324 g/mol. The van der Waals surface area contributed by atoms with E-state index >= 15 is 0 Å². The third kappa shape index (κ3) is 2.66. The predicted molar refractivity (Wildman–Crippen MR) is 98.4 cm³/mol. The van der Waals surface area contributed by atoms with Crippen LogP contribution in [0.4, 0.5) is 5.69 Å². The van der Waals surface area contributed by atoms with E-state index in [1.54, 1.807) is 16.8 Å². The van der Waals surface area contributed by atoms with Crippen molar-refractivity contribution >= 4 is 11.2 Å². The Kier molecular flexibility index (Phi) is 3.63. The lowest BCUT2D eigenvalue weighted by Crippen LogP contribution is -2.20. The maximum Gasteiger partial charge on any atom is 0.125 e. The molecule has 1 N–H and O–H groups in total. The van der Waals surface area contributed by atoms with Crippen LogP contribution in [-0.4, -0.2) is 20.1 Å². The summed E-state index contributed by atoms with van der Waals surface area (Å²) in [5.74, 6) is 0.300. The fourth-order valence-corrected chi connectivity index (χ4v) is 3.08. The Bertz CT molecular complexity index is 1080. The van der Waals surface area contributed by atoms with Gasteiger partial charge in [-0.1, -0.05) is 13.8 Å². The van der Waals surface area contributed by atoms with Crippen LogP contribution in [0.1, 0.15) is 43.7 Å². The highest BCUT2D eigenvalue weighted by Crippen LogP contribution is 2.40. The lowest BCUT2D eigenvalue weighted by molar-refractivity contribution is 0.846. The molecule has 0 saturated heterocycles. The van der Waals surface area contributed by atoms with Gasteiger partial charge in [0.25, 0.3) is 0 Å². The molecule has 1 saturated carbocycles. The molecule has 6 nitrogen and oxygen atoms in total. The third-order valence-electron chi connectivity index (χ3n) is 4.79. The molecule has 0 aromatic carbocycles. The minimum absolute atomic E-state index is 0.300. The predicted octanol–water partition coefficient (Wildman–Crippen LogP) is 3.86. The number of hydrogen-bond acceptors (Lipinski definition) is 5. The molecule has 0 radical (unpaired) electrons. The topological polar surface area (TPSA) is 89.8 Å². The SMILES string of the molecule is CC(C)c1cnc(-c2ccc3cc(C#N)cnn23)cc1NC1(C#N)CC1. The number of rotatable bonds is 4. The van der Waals surface area contributed by atoms with Crippen molar-refractivity contribution in [1.29, 1.82) is 10.5 Å². The number of pyridine rings is 1. The largest absolute Gasteiger partial charge is 0.367 e. The molecule has 128 valence electrons. The Labute approximate surface area is 151 Å². The van der Waals surface area contributed by atoms with Gasteiger partial charge in [0.2, 0.25) is 0 Å². The second-order valence-corrected chi connectivity index (χ2v) is 7.04. The van der Waals surface area contributed by atoms with E-state index in [2.05, 4.69) is 41.4 Å². The van der Waals surface area contributed by atoms with Gasteiger partial charge in [-0.3, -0.25) is 4.98 Å². The van der Waals surface area contributed by atoms with Crippen LogP contribution in [0.5, 0.6) is 0 Å². The number of aromatic nitrogens is 3. The first-order chi connectivity index (χ1) is 12.5. The summed E-state index contributed by atoms with van der Waals surface area (Å²) in [5, 5.41) is 26.2. The Balaban J connectivity index is 1.80. The Hall–Kier alpha value is -3.38. The van der Waals surface area contributed by atoms with E-state index in [1.807, 2.05) is 24.4 Å². The van der Waals surface area contributed by atoms with Crippen molar-refractivity contribution in [2.75, 3.05) is 5.32 Å². The van der Waals surface area contributed by atoms with Crippen molar-refractivity contribution in [3.8, 4) is 23.5 Å². The lowest BCUT2D eigenvalue weighted by atomic mass is 10.0. The molecule has 1 fully saturated rings. The highest BCUT2D eigenvalue weighted by Gasteiger charge is 2.43. The number of nitrogens with one attached hydrogen (secondary N) is 1.